The number of nitrogens with one attached hydrogen (secondary N) is 1. The van der Waals surface area contributed by atoms with Crippen LogP contribution in [0.25, 0.3) is 0 Å². The van der Waals surface area contributed by atoms with Gasteiger partial charge in [-0.25, -0.2) is 4.39 Å². The molecule has 0 aliphatic carbocycles. The lowest BCUT2D eigenvalue weighted by Crippen LogP contribution is -2.25. The quantitative estimate of drug-likeness (QED) is 0.826. The third kappa shape index (κ3) is 6.02. The van der Waals surface area contributed by atoms with Gasteiger partial charge >= 0.3 is 0 Å². The van der Waals surface area contributed by atoms with Crippen LogP contribution < -0.4 is 11.1 Å². The molecule has 0 aromatic heterocycles. The monoisotopic (exact) mass is 314 g/mol. The molecule has 0 radical (unpaired) electrons. The van der Waals surface area contributed by atoms with Crippen molar-refractivity contribution >= 4 is 23.2 Å². The SMILES string of the molecule is CC(C)(C)C(CCN)CCC(=O)Nc1ccc(Cl)cc1F. The molecule has 1 aromatic carbocycles. The Morgan fingerprint density at radius 2 is 2.05 bits per heavy atom. The summed E-state index contributed by atoms with van der Waals surface area (Å²) < 4.78 is 13.6. The molecule has 0 aliphatic rings. The number of amides is 1. The third-order valence-electron chi connectivity index (χ3n) is 3.66. The van der Waals surface area contributed by atoms with Crippen LogP contribution >= 0.6 is 11.6 Å². The van der Waals surface area contributed by atoms with Crippen molar-refractivity contribution < 1.29 is 9.18 Å². The van der Waals surface area contributed by atoms with Crippen LogP contribution in [0.2, 0.25) is 5.02 Å². The van der Waals surface area contributed by atoms with Crippen molar-refractivity contribution in [3.05, 3.63) is 29.0 Å². The number of anilines is 1. The summed E-state index contributed by atoms with van der Waals surface area (Å²) >= 11 is 5.68. The van der Waals surface area contributed by atoms with E-state index in [-0.39, 0.29) is 17.0 Å². The minimum absolute atomic E-state index is 0.102. The molecule has 1 atom stereocenters. The number of halogens is 2. The van der Waals surface area contributed by atoms with Crippen LogP contribution in [0.5, 0.6) is 0 Å². The summed E-state index contributed by atoms with van der Waals surface area (Å²) in [6.07, 6.45) is 1.97. The fourth-order valence-corrected chi connectivity index (χ4v) is 2.48. The summed E-state index contributed by atoms with van der Waals surface area (Å²) in [5.41, 5.74) is 5.89. The third-order valence-corrected chi connectivity index (χ3v) is 3.90. The Balaban J connectivity index is 2.57. The highest BCUT2D eigenvalue weighted by molar-refractivity contribution is 6.30. The molecule has 1 rings (SSSR count). The van der Waals surface area contributed by atoms with Crippen molar-refractivity contribution in [1.29, 1.82) is 0 Å². The van der Waals surface area contributed by atoms with Gasteiger partial charge in [0, 0.05) is 11.4 Å². The van der Waals surface area contributed by atoms with Gasteiger partial charge in [-0.3, -0.25) is 4.79 Å². The van der Waals surface area contributed by atoms with E-state index in [2.05, 4.69) is 26.1 Å². The van der Waals surface area contributed by atoms with E-state index >= 15 is 0 Å². The number of rotatable bonds is 6. The molecule has 0 heterocycles. The predicted molar refractivity (Wildman–Crippen MR) is 85.9 cm³/mol. The van der Waals surface area contributed by atoms with Crippen LogP contribution in [0.3, 0.4) is 0 Å². The normalized spacial score (nSPS) is 13.0. The number of carbonyl (C=O) groups is 1. The largest absolute Gasteiger partial charge is 0.330 e. The van der Waals surface area contributed by atoms with Gasteiger partial charge in [0.05, 0.1) is 5.69 Å². The second-order valence-corrected chi connectivity index (χ2v) is 6.79. The molecule has 3 N–H and O–H groups in total. The van der Waals surface area contributed by atoms with Crippen molar-refractivity contribution in [1.82, 2.24) is 0 Å². The Labute approximate surface area is 131 Å². The highest BCUT2D eigenvalue weighted by Gasteiger charge is 2.24. The van der Waals surface area contributed by atoms with Gasteiger partial charge in [-0.2, -0.15) is 0 Å². The van der Waals surface area contributed by atoms with Gasteiger partial charge in [-0.15, -0.1) is 0 Å². The van der Waals surface area contributed by atoms with Crippen LogP contribution in [-0.2, 0) is 4.79 Å². The van der Waals surface area contributed by atoms with E-state index in [1.165, 1.54) is 12.1 Å². The minimum Gasteiger partial charge on any atom is -0.330 e. The molecular weight excluding hydrogens is 291 g/mol. The lowest BCUT2D eigenvalue weighted by atomic mass is 9.76. The smallest absolute Gasteiger partial charge is 0.224 e. The van der Waals surface area contributed by atoms with Crippen LogP contribution in [0, 0.1) is 17.2 Å². The van der Waals surface area contributed by atoms with Gasteiger partial charge in [0.15, 0.2) is 0 Å². The van der Waals surface area contributed by atoms with E-state index < -0.39 is 5.82 Å². The van der Waals surface area contributed by atoms with E-state index in [1.54, 1.807) is 6.07 Å². The highest BCUT2D eigenvalue weighted by atomic mass is 35.5. The van der Waals surface area contributed by atoms with E-state index in [9.17, 15) is 9.18 Å². The van der Waals surface area contributed by atoms with Gasteiger partial charge < -0.3 is 11.1 Å². The number of hydrogen-bond acceptors (Lipinski definition) is 2. The zero-order valence-electron chi connectivity index (χ0n) is 12.9. The maximum absolute atomic E-state index is 13.6. The minimum atomic E-state index is -0.523. The van der Waals surface area contributed by atoms with Crippen LogP contribution in [-0.4, -0.2) is 12.5 Å². The predicted octanol–water partition coefficient (Wildman–Crippen LogP) is 4.21. The second kappa shape index (κ2) is 7.76. The van der Waals surface area contributed by atoms with Crippen LogP contribution in [0.1, 0.15) is 40.0 Å². The summed E-state index contributed by atoms with van der Waals surface area (Å²) in [6, 6.07) is 4.20. The molecule has 3 nitrogen and oxygen atoms in total. The first-order chi connectivity index (χ1) is 9.74. The average molecular weight is 315 g/mol. The molecule has 1 aromatic rings. The van der Waals surface area contributed by atoms with E-state index in [4.69, 9.17) is 17.3 Å². The van der Waals surface area contributed by atoms with Crippen molar-refractivity contribution in [2.75, 3.05) is 11.9 Å². The number of carbonyl (C=O) groups excluding carboxylic acids is 1. The standard InChI is InChI=1S/C16H24ClFN2O/c1-16(2,3)11(8-9-19)4-7-15(21)20-14-6-5-12(17)10-13(14)18/h5-6,10-11H,4,7-9,19H2,1-3H3,(H,20,21). The Hall–Kier alpha value is -1.13. The van der Waals surface area contributed by atoms with Gasteiger partial charge in [-0.1, -0.05) is 32.4 Å². The summed E-state index contributed by atoms with van der Waals surface area (Å²) in [5.74, 6) is -0.351. The molecule has 0 aliphatic heterocycles. The number of nitrogens with two attached hydrogens (primary N) is 1. The molecule has 118 valence electrons. The Bertz CT molecular complexity index is 486. The molecule has 0 saturated heterocycles. The zero-order valence-corrected chi connectivity index (χ0v) is 13.6. The van der Waals surface area contributed by atoms with Crippen LogP contribution in [0.15, 0.2) is 18.2 Å². The fraction of sp³-hybridized carbons (Fsp3) is 0.562. The molecule has 21 heavy (non-hydrogen) atoms. The second-order valence-electron chi connectivity index (χ2n) is 6.35. The maximum atomic E-state index is 13.6. The zero-order chi connectivity index (χ0) is 16.0. The van der Waals surface area contributed by atoms with Crippen molar-refractivity contribution in [3.8, 4) is 0 Å². The van der Waals surface area contributed by atoms with Crippen molar-refractivity contribution in [3.63, 3.8) is 0 Å². The number of hydrogen-bond donors (Lipinski definition) is 2. The van der Waals surface area contributed by atoms with E-state index in [0.717, 1.165) is 12.8 Å². The average Bonchev–Trinajstić information content (AvgIpc) is 2.36. The summed E-state index contributed by atoms with van der Waals surface area (Å²) in [6.45, 7) is 7.04. The van der Waals surface area contributed by atoms with Gasteiger partial charge in [0.1, 0.15) is 5.82 Å². The van der Waals surface area contributed by atoms with Crippen molar-refractivity contribution in [2.45, 2.75) is 40.0 Å². The van der Waals surface area contributed by atoms with E-state index in [0.29, 0.717) is 23.9 Å². The van der Waals surface area contributed by atoms with Crippen LogP contribution in [0.4, 0.5) is 10.1 Å². The lowest BCUT2D eigenvalue weighted by Gasteiger charge is -2.30. The molecule has 0 saturated carbocycles. The highest BCUT2D eigenvalue weighted by Crippen LogP contribution is 2.32. The van der Waals surface area contributed by atoms with Crippen molar-refractivity contribution in [2.24, 2.45) is 17.1 Å². The molecule has 5 heteroatoms. The van der Waals surface area contributed by atoms with Gasteiger partial charge in [0.25, 0.3) is 0 Å². The topological polar surface area (TPSA) is 55.1 Å². The molecule has 0 bridgehead atoms. The molecule has 0 fully saturated rings. The summed E-state index contributed by atoms with van der Waals surface area (Å²) in [4.78, 5) is 11.9. The number of benzene rings is 1. The Morgan fingerprint density at radius 1 is 1.38 bits per heavy atom. The first kappa shape index (κ1) is 17.9. The molecule has 0 spiro atoms. The van der Waals surface area contributed by atoms with Gasteiger partial charge in [-0.05, 0) is 48.9 Å². The Kier molecular flexibility index (Phi) is 6.62. The maximum Gasteiger partial charge on any atom is 0.224 e. The van der Waals surface area contributed by atoms with Gasteiger partial charge in [0.2, 0.25) is 5.91 Å². The fourth-order valence-electron chi connectivity index (χ4n) is 2.32. The van der Waals surface area contributed by atoms with E-state index in [1.807, 2.05) is 0 Å². The first-order valence-corrected chi connectivity index (χ1v) is 7.57. The molecule has 1 unspecified atom stereocenters. The molecular formula is C16H24ClFN2O. The summed E-state index contributed by atoms with van der Waals surface area (Å²) in [5, 5.41) is 2.89. The Morgan fingerprint density at radius 3 is 2.57 bits per heavy atom. The first-order valence-electron chi connectivity index (χ1n) is 7.19. The molecule has 1 amide bonds. The lowest BCUT2D eigenvalue weighted by molar-refractivity contribution is -0.116. The summed E-state index contributed by atoms with van der Waals surface area (Å²) in [7, 11) is 0.